The number of oxime groups is 1. The zero-order valence-corrected chi connectivity index (χ0v) is 16.1. The minimum atomic E-state index is -0.681. The van der Waals surface area contributed by atoms with Crippen LogP contribution in [0.15, 0.2) is 35.6 Å². The van der Waals surface area contributed by atoms with Crippen LogP contribution in [0, 0.1) is 12.3 Å². The maximum absolute atomic E-state index is 12.7. The van der Waals surface area contributed by atoms with Gasteiger partial charge in [-0.1, -0.05) is 11.1 Å². The number of pyridine rings is 1. The van der Waals surface area contributed by atoms with E-state index in [-0.39, 0.29) is 5.91 Å². The number of benzene rings is 1. The normalized spacial score (nSPS) is 16.3. The van der Waals surface area contributed by atoms with E-state index < -0.39 is 11.0 Å². The zero-order valence-electron chi connectivity index (χ0n) is 15.3. The summed E-state index contributed by atoms with van der Waals surface area (Å²) in [7, 11) is 1.48. The smallest absolute Gasteiger partial charge is 0.272 e. The van der Waals surface area contributed by atoms with Crippen LogP contribution in [0.4, 0.5) is 0 Å². The van der Waals surface area contributed by atoms with Crippen LogP contribution < -0.4 is 10.1 Å². The molecule has 1 atom stereocenters. The number of rotatable bonds is 7. The summed E-state index contributed by atoms with van der Waals surface area (Å²) in [5.74, 6) is 2.96. The maximum atomic E-state index is 12.7. The average molecular weight is 383 g/mol. The Balaban J connectivity index is 1.74. The van der Waals surface area contributed by atoms with Crippen molar-refractivity contribution in [2.45, 2.75) is 30.2 Å². The third kappa shape index (κ3) is 4.34. The van der Waals surface area contributed by atoms with Crippen molar-refractivity contribution >= 4 is 34.8 Å². The highest BCUT2D eigenvalue weighted by molar-refractivity contribution is 7.99. The van der Waals surface area contributed by atoms with Crippen LogP contribution in [0.2, 0.25) is 0 Å². The number of hydrogen-bond donors (Lipinski definition) is 1. The molecule has 1 aromatic heterocycles. The molecule has 1 unspecified atom stereocenters. The lowest BCUT2D eigenvalue weighted by Gasteiger charge is -2.39. The summed E-state index contributed by atoms with van der Waals surface area (Å²) in [6.07, 6.45) is 13.3. The number of aromatic nitrogens is 1. The van der Waals surface area contributed by atoms with E-state index >= 15 is 0 Å². The van der Waals surface area contributed by atoms with Crippen molar-refractivity contribution in [3.05, 3.63) is 36.0 Å². The summed E-state index contributed by atoms with van der Waals surface area (Å²) in [6, 6.07) is 7.35. The predicted octanol–water partition coefficient (Wildman–Crippen LogP) is 2.96. The Morgan fingerprint density at radius 2 is 2.30 bits per heavy atom. The van der Waals surface area contributed by atoms with Crippen molar-refractivity contribution in [1.29, 1.82) is 0 Å². The fourth-order valence-corrected chi connectivity index (χ4v) is 3.38. The molecule has 3 rings (SSSR count). The number of amides is 1. The second kappa shape index (κ2) is 8.31. The van der Waals surface area contributed by atoms with Gasteiger partial charge in [0, 0.05) is 17.1 Å². The number of carbonyl (C=O) groups is 1. The molecule has 1 N–H and O–H groups in total. The van der Waals surface area contributed by atoms with Gasteiger partial charge in [0.1, 0.15) is 12.9 Å². The summed E-state index contributed by atoms with van der Waals surface area (Å²) in [4.78, 5) is 21.8. The number of fused-ring (bicyclic) bond motifs is 1. The fourth-order valence-electron chi connectivity index (χ4n) is 2.90. The van der Waals surface area contributed by atoms with Gasteiger partial charge in [0.25, 0.3) is 5.91 Å². The van der Waals surface area contributed by atoms with E-state index in [0.29, 0.717) is 11.3 Å². The second-order valence-corrected chi connectivity index (χ2v) is 7.22. The van der Waals surface area contributed by atoms with Gasteiger partial charge < -0.3 is 14.9 Å². The number of hydrogen-bond acceptors (Lipinski definition) is 6. The largest absolute Gasteiger partial charge is 0.470 e. The highest BCUT2D eigenvalue weighted by atomic mass is 32.2. The quantitative estimate of drug-likeness (QED) is 0.344. The summed E-state index contributed by atoms with van der Waals surface area (Å²) in [6.45, 7) is 0. The van der Waals surface area contributed by atoms with Crippen molar-refractivity contribution in [2.24, 2.45) is 5.16 Å². The molecule has 1 heterocycles. The van der Waals surface area contributed by atoms with Crippen LogP contribution in [0.1, 0.15) is 24.8 Å². The van der Waals surface area contributed by atoms with Gasteiger partial charge in [-0.2, -0.15) is 0 Å². The molecule has 0 radical (unpaired) electrons. The molecule has 0 saturated heterocycles. The zero-order chi connectivity index (χ0) is 19.3. The Kier molecular flexibility index (Phi) is 5.87. The first-order valence-corrected chi connectivity index (χ1v) is 9.83. The first-order valence-electron chi connectivity index (χ1n) is 8.55. The fraction of sp³-hybridized carbons (Fsp3) is 0.350. The number of terminal acetylenes is 1. The molecule has 1 fully saturated rings. The number of thioether (sulfide) groups is 1. The van der Waals surface area contributed by atoms with Gasteiger partial charge in [-0.15, -0.1) is 18.2 Å². The van der Waals surface area contributed by atoms with Crippen LogP contribution in [0.3, 0.4) is 0 Å². The Bertz CT molecular complexity index is 903. The molecule has 140 valence electrons. The molecule has 1 amide bonds. The first kappa shape index (κ1) is 19.1. The lowest BCUT2D eigenvalue weighted by Crippen LogP contribution is -2.57. The number of carbonyl (C=O) groups excluding carboxylic acids is 1. The Hall–Kier alpha value is -2.72. The van der Waals surface area contributed by atoms with E-state index in [1.807, 2.05) is 24.5 Å². The minimum Gasteiger partial charge on any atom is -0.470 e. The van der Waals surface area contributed by atoms with Crippen molar-refractivity contribution in [1.82, 2.24) is 10.3 Å². The monoisotopic (exact) mass is 383 g/mol. The predicted molar refractivity (Wildman–Crippen MR) is 108 cm³/mol. The molecular formula is C20H21N3O3S. The van der Waals surface area contributed by atoms with E-state index in [9.17, 15) is 4.79 Å². The Morgan fingerprint density at radius 1 is 1.48 bits per heavy atom. The number of ether oxygens (including phenoxy) is 1. The van der Waals surface area contributed by atoms with Gasteiger partial charge in [0.05, 0.1) is 17.3 Å². The molecule has 2 aromatic rings. The molecule has 6 nitrogen and oxygen atoms in total. The minimum absolute atomic E-state index is 0.194. The van der Waals surface area contributed by atoms with Crippen molar-refractivity contribution < 1.29 is 14.4 Å². The van der Waals surface area contributed by atoms with Gasteiger partial charge in [0.2, 0.25) is 5.44 Å². The van der Waals surface area contributed by atoms with E-state index in [4.69, 9.17) is 16.0 Å². The van der Waals surface area contributed by atoms with Crippen molar-refractivity contribution in [3.8, 4) is 18.1 Å². The van der Waals surface area contributed by atoms with E-state index in [2.05, 4.69) is 21.4 Å². The van der Waals surface area contributed by atoms with E-state index in [1.165, 1.54) is 18.9 Å². The van der Waals surface area contributed by atoms with Crippen LogP contribution in [0.25, 0.3) is 10.9 Å². The second-order valence-electron chi connectivity index (χ2n) is 6.32. The summed E-state index contributed by atoms with van der Waals surface area (Å²) in [5.41, 5.74) is 0.387. The van der Waals surface area contributed by atoms with E-state index in [1.54, 1.807) is 18.5 Å². The molecule has 0 aliphatic heterocycles. The summed E-state index contributed by atoms with van der Waals surface area (Å²) < 4.78 is 5.92. The van der Waals surface area contributed by atoms with Crippen LogP contribution >= 0.6 is 11.8 Å². The van der Waals surface area contributed by atoms with Crippen molar-refractivity contribution in [3.63, 3.8) is 0 Å². The highest BCUT2D eigenvalue weighted by Crippen LogP contribution is 2.31. The third-order valence-corrected chi connectivity index (χ3v) is 5.25. The molecule has 1 aromatic carbocycles. The Labute approximate surface area is 162 Å². The molecule has 0 spiro atoms. The third-order valence-electron chi connectivity index (χ3n) is 4.51. The molecule has 1 aliphatic rings. The molecule has 0 bridgehead atoms. The van der Waals surface area contributed by atoms with Crippen LogP contribution in [0.5, 0.6) is 5.75 Å². The van der Waals surface area contributed by atoms with Crippen LogP contribution in [-0.4, -0.2) is 41.4 Å². The van der Waals surface area contributed by atoms with Gasteiger partial charge in [-0.25, -0.2) is 0 Å². The molecule has 27 heavy (non-hydrogen) atoms. The molecule has 7 heteroatoms. The van der Waals surface area contributed by atoms with Gasteiger partial charge >= 0.3 is 0 Å². The SMILES string of the molecule is C#Cc1cnc2ccc(OC(SC)C(=O)NC3(C=NOC)CCC3)cc2c1. The maximum Gasteiger partial charge on any atom is 0.272 e. The highest BCUT2D eigenvalue weighted by Gasteiger charge is 2.39. The lowest BCUT2D eigenvalue weighted by molar-refractivity contribution is -0.126. The molecular weight excluding hydrogens is 362 g/mol. The Morgan fingerprint density at radius 3 is 2.93 bits per heavy atom. The lowest BCUT2D eigenvalue weighted by atomic mass is 9.78. The molecule has 1 saturated carbocycles. The number of nitrogens with one attached hydrogen (secondary N) is 1. The first-order chi connectivity index (χ1) is 13.1. The van der Waals surface area contributed by atoms with Gasteiger partial charge in [0.15, 0.2) is 0 Å². The van der Waals surface area contributed by atoms with Crippen LogP contribution in [-0.2, 0) is 9.63 Å². The van der Waals surface area contributed by atoms with E-state index in [0.717, 1.165) is 30.2 Å². The average Bonchev–Trinajstić information content (AvgIpc) is 2.67. The molecule has 1 aliphatic carbocycles. The topological polar surface area (TPSA) is 72.8 Å². The summed E-state index contributed by atoms with van der Waals surface area (Å²) >= 11 is 1.33. The number of nitrogens with zero attached hydrogens (tertiary/aromatic N) is 2. The summed E-state index contributed by atoms with van der Waals surface area (Å²) in [5, 5.41) is 7.73. The van der Waals surface area contributed by atoms with Gasteiger partial charge in [-0.05, 0) is 49.8 Å². The van der Waals surface area contributed by atoms with Gasteiger partial charge in [-0.3, -0.25) is 9.78 Å². The van der Waals surface area contributed by atoms with Crippen molar-refractivity contribution in [2.75, 3.05) is 13.4 Å². The standard InChI is InChI=1S/C20H21N3O3S/c1-4-14-10-15-11-16(6-7-17(15)21-12-14)26-19(27-3)18(24)23-20(8-5-9-20)13-22-25-2/h1,6-7,10-13,19H,5,8-9H2,2-3H3,(H,23,24).